The average Bonchev–Trinajstić information content (AvgIpc) is 0.828. The van der Waals surface area contributed by atoms with Crippen LogP contribution in [0.1, 0.15) is 154 Å². The third kappa shape index (κ3) is 24.7. The van der Waals surface area contributed by atoms with E-state index in [1.54, 1.807) is 76.0 Å². The second-order valence-corrected chi connectivity index (χ2v) is 33.4. The van der Waals surface area contributed by atoms with Gasteiger partial charge in [0, 0.05) is 70.8 Å². The Balaban J connectivity index is 0.000000323. The predicted octanol–water partition coefficient (Wildman–Crippen LogP) is 9.88. The number of carbonyl (C=O) groups is 8. The zero-order valence-corrected chi connectivity index (χ0v) is 62.4. The number of Topliss-reactive ketones (excluding diaryl/α,β-unsaturated/α-hetero) is 1. The first-order valence-electron chi connectivity index (χ1n) is 35.3. The van der Waals surface area contributed by atoms with Gasteiger partial charge in [0.1, 0.15) is 60.7 Å². The minimum Gasteiger partial charge on any atom is -0.543 e. The fourth-order valence-corrected chi connectivity index (χ4v) is 12.9. The first kappa shape index (κ1) is 81.5. The van der Waals surface area contributed by atoms with E-state index in [4.69, 9.17) is 23.4 Å². The maximum atomic E-state index is 14.4. The summed E-state index contributed by atoms with van der Waals surface area (Å²) in [6.07, 6.45) is 14.8. The molecule has 7 rings (SSSR count). The van der Waals surface area contributed by atoms with Gasteiger partial charge in [-0.2, -0.15) is 0 Å². The number of hydrogen-bond donors (Lipinski definition) is 6. The molecule has 10 atom stereocenters. The number of aromatic hydroxyl groups is 1. The summed E-state index contributed by atoms with van der Waals surface area (Å²) < 4.78 is 29.0. The van der Waals surface area contributed by atoms with Crippen LogP contribution in [0.4, 0.5) is 0 Å². The number of benzene rings is 2. The molecule has 2 saturated heterocycles. The van der Waals surface area contributed by atoms with Gasteiger partial charge >= 0.3 is 11.9 Å². The van der Waals surface area contributed by atoms with E-state index in [9.17, 15) is 43.5 Å². The van der Waals surface area contributed by atoms with E-state index in [0.29, 0.717) is 87.2 Å². The van der Waals surface area contributed by atoms with E-state index in [2.05, 4.69) is 83.8 Å². The zero-order valence-electron chi connectivity index (χ0n) is 61.4. The molecule has 2 aromatic carbocycles. The van der Waals surface area contributed by atoms with Crippen molar-refractivity contribution in [1.29, 1.82) is 0 Å². The summed E-state index contributed by atoms with van der Waals surface area (Å²) in [7, 11) is 0.978. The standard InChI is InChI=1S/C42H63N5O7Si.C35H46N4O7/c1-12-14-20-36(52-9)29(5)38(48)45-37(28(3)4)39(49)44-35(26-31-17-15-18-33(25-31)54-55(10,11)42(6,7)8)40(50)47-23-16-19-34(46-47)41(51)53-27-32-24-30(13-2)21-22-43-32;1-22(2)28-20-31(41)23(3)32(45-4)13-6-5-9-24-14-15-36-26(17-24)21-46-35(44)29-12-8-16-39(38-29)34(43)30(37-33(28)42)19-25-10-7-11-27(40)18-25/h12-13,15,17-18,21-22,24-25,28-29,34-37,46H,1-2,14,16,19-20,23,26-27H2,3-11H3,(H,44,49)(H,45,48);5,7,9-11,14-15,17-18,22-23,28-30,32,38,40H,6,8,12-13,16,19-21H2,1-4H3,(H,37,42)/b;9-5+/t29-,34+,35+,36-,37+;23-,28-,29-,30-,32+/m10/s1. The zero-order chi connectivity index (χ0) is 74.1. The normalized spacial score (nSPS) is 21.3. The van der Waals surface area contributed by atoms with Crippen LogP contribution in [0.5, 0.6) is 11.5 Å². The molecule has 0 aliphatic carbocycles. The summed E-state index contributed by atoms with van der Waals surface area (Å²) in [6, 6.07) is 16.8. The van der Waals surface area contributed by atoms with Crippen molar-refractivity contribution in [3.05, 3.63) is 144 Å². The monoisotopic (exact) mass is 1410 g/mol. The van der Waals surface area contributed by atoms with E-state index in [1.165, 1.54) is 16.1 Å². The number of hydrazine groups is 2. The van der Waals surface area contributed by atoms with Gasteiger partial charge in [0.2, 0.25) is 26.0 Å². The van der Waals surface area contributed by atoms with E-state index in [1.807, 2.05) is 83.2 Å². The molecule has 550 valence electrons. The quantitative estimate of drug-likeness (QED) is 0.0229. The van der Waals surface area contributed by atoms with Crippen molar-refractivity contribution in [1.82, 2.24) is 46.8 Å². The number of nitrogens with one attached hydrogen (secondary N) is 5. The van der Waals surface area contributed by atoms with Crippen LogP contribution in [-0.4, -0.2) is 150 Å². The maximum absolute atomic E-state index is 14.4. The van der Waals surface area contributed by atoms with E-state index in [0.717, 1.165) is 16.7 Å². The highest BCUT2D eigenvalue weighted by Gasteiger charge is 2.41. The molecule has 0 saturated carbocycles. The Morgan fingerprint density at radius 3 is 2.27 bits per heavy atom. The predicted molar refractivity (Wildman–Crippen MR) is 390 cm³/mol. The number of ketones is 1. The average molecular weight is 1410 g/mol. The number of ether oxygens (including phenoxy) is 4. The van der Waals surface area contributed by atoms with Gasteiger partial charge in [-0.15, -0.1) is 6.58 Å². The third-order valence-electron chi connectivity index (χ3n) is 19.2. The first-order valence-corrected chi connectivity index (χ1v) is 38.2. The highest BCUT2D eigenvalue weighted by atomic mass is 28.4. The lowest BCUT2D eigenvalue weighted by molar-refractivity contribution is -0.155. The lowest BCUT2D eigenvalue weighted by Crippen LogP contribution is -2.62. The van der Waals surface area contributed by atoms with Gasteiger partial charge < -0.3 is 44.4 Å². The molecule has 24 heteroatoms. The number of phenols is 1. The first-order chi connectivity index (χ1) is 47.9. The number of phenolic OH excluding ortho intramolecular Hbond substituents is 1. The molecule has 0 unspecified atom stereocenters. The number of rotatable bonds is 23. The van der Waals surface area contributed by atoms with Crippen molar-refractivity contribution in [2.24, 2.45) is 29.6 Å². The Hall–Kier alpha value is -8.42. The molecule has 3 aliphatic heterocycles. The third-order valence-corrected chi connectivity index (χ3v) is 23.6. The highest BCUT2D eigenvalue weighted by molar-refractivity contribution is 6.74. The van der Waals surface area contributed by atoms with Crippen LogP contribution < -0.4 is 31.2 Å². The summed E-state index contributed by atoms with van der Waals surface area (Å²) in [6.45, 7) is 30.0. The highest BCUT2D eigenvalue weighted by Crippen LogP contribution is 2.38. The fraction of sp³-hybridized carbons (Fsp3) is 0.532. The number of fused-ring (bicyclic) bond motifs is 4. The largest absolute Gasteiger partial charge is 0.543 e. The summed E-state index contributed by atoms with van der Waals surface area (Å²) >= 11 is 0. The van der Waals surface area contributed by atoms with Crippen molar-refractivity contribution < 1.29 is 66.8 Å². The number of aromatic nitrogens is 2. The van der Waals surface area contributed by atoms with E-state index in [-0.39, 0.29) is 79.0 Å². The smallest absolute Gasteiger partial charge is 0.325 e. The van der Waals surface area contributed by atoms with Gasteiger partial charge in [0.05, 0.1) is 29.5 Å². The van der Waals surface area contributed by atoms with Crippen LogP contribution >= 0.6 is 0 Å². The summed E-state index contributed by atoms with van der Waals surface area (Å²) in [5, 5.41) is 21.6. The summed E-state index contributed by atoms with van der Waals surface area (Å²) in [5.41, 5.74) is 10.4. The number of carbonyl (C=O) groups excluding carboxylic acids is 8. The molecule has 23 nitrogen and oxygen atoms in total. The molecule has 0 spiro atoms. The SMILES string of the molecule is C=CCC[C@@H](OC)[C@@H](C)C(=O)N[C@H](C(=O)N[C@@H](Cc1cccc(O[Si](C)(C)C(C)(C)C)c1)C(=O)N1CCC[C@@H](C(=O)OCc2cc(C=C)ccn2)N1)C(C)C.CO[C@@H]1CC/C=C/c2ccnc(c2)COC(=O)[C@@H]2CCCN(N2)C(=O)[C@H](Cc2cccc(O)c2)NC(=O)[C@H](C(C)C)CC(=O)[C@@H]1C. The second kappa shape index (κ2) is 39.1. The second-order valence-electron chi connectivity index (χ2n) is 28.6. The van der Waals surface area contributed by atoms with Gasteiger partial charge in [-0.1, -0.05) is 117 Å². The van der Waals surface area contributed by atoms with Gasteiger partial charge in [-0.3, -0.25) is 58.3 Å². The molecule has 2 fully saturated rings. The van der Waals surface area contributed by atoms with Gasteiger partial charge in [0.15, 0.2) is 0 Å². The summed E-state index contributed by atoms with van der Waals surface area (Å²) in [5.74, 6) is -4.58. The number of hydrogen-bond acceptors (Lipinski definition) is 18. The topological polar surface area (TPSA) is 295 Å². The van der Waals surface area contributed by atoms with E-state index >= 15 is 0 Å². The number of nitrogens with zero attached hydrogens (tertiary/aromatic N) is 4. The summed E-state index contributed by atoms with van der Waals surface area (Å²) in [4.78, 5) is 118. The number of cyclic esters (lactones) is 1. The molecule has 4 aromatic rings. The van der Waals surface area contributed by atoms with Crippen LogP contribution in [-0.2, 0) is 83.4 Å². The van der Waals surface area contributed by atoms with Crippen molar-refractivity contribution in [2.75, 3.05) is 27.3 Å². The van der Waals surface area contributed by atoms with Crippen molar-refractivity contribution in [3.63, 3.8) is 0 Å². The molecule has 6 N–H and O–H groups in total. The van der Waals surface area contributed by atoms with Crippen LogP contribution in [0.15, 0.2) is 111 Å². The van der Waals surface area contributed by atoms with Crippen LogP contribution in [0.2, 0.25) is 18.1 Å². The molecule has 5 amide bonds. The molecule has 5 heterocycles. The lowest BCUT2D eigenvalue weighted by Gasteiger charge is -2.36. The van der Waals surface area contributed by atoms with Crippen LogP contribution in [0.25, 0.3) is 12.2 Å². The Labute approximate surface area is 597 Å². The maximum Gasteiger partial charge on any atom is 0.325 e. The Bertz CT molecular complexity index is 3500. The molecule has 3 aliphatic rings. The minimum absolute atomic E-state index is 0.00305. The lowest BCUT2D eigenvalue weighted by atomic mass is 9.84. The van der Waals surface area contributed by atoms with Crippen LogP contribution in [0.3, 0.4) is 0 Å². The minimum atomic E-state index is -2.17. The Morgan fingerprint density at radius 1 is 0.861 bits per heavy atom. The molecule has 101 heavy (non-hydrogen) atoms. The number of methoxy groups -OCH3 is 2. The van der Waals surface area contributed by atoms with Crippen molar-refractivity contribution in [3.8, 4) is 11.5 Å². The molecular formula is C77H109N9O14Si. The number of amides is 5. The van der Waals surface area contributed by atoms with Crippen molar-refractivity contribution >= 4 is 67.7 Å². The fourth-order valence-electron chi connectivity index (χ4n) is 11.9. The van der Waals surface area contributed by atoms with Crippen molar-refractivity contribution in [2.45, 2.75) is 207 Å². The van der Waals surface area contributed by atoms with Crippen LogP contribution in [0, 0.1) is 29.6 Å². The molecule has 4 bridgehead atoms. The molecule has 0 radical (unpaired) electrons. The van der Waals surface area contributed by atoms with Gasteiger partial charge in [-0.25, -0.2) is 10.9 Å². The van der Waals surface area contributed by atoms with E-state index < -0.39 is 91.8 Å². The number of pyridine rings is 2. The number of allylic oxidation sites excluding steroid dienone is 2. The van der Waals surface area contributed by atoms with Gasteiger partial charge in [0.25, 0.3) is 11.8 Å². The Morgan fingerprint density at radius 2 is 1.58 bits per heavy atom. The number of esters is 2. The Kier molecular flexibility index (Phi) is 31.6. The van der Waals surface area contributed by atoms with Gasteiger partial charge in [-0.05, 0) is 152 Å². The molecular weight excluding hydrogens is 1300 g/mol. The molecule has 2 aromatic heterocycles.